The average molecular weight is 266 g/mol. The van der Waals surface area contributed by atoms with E-state index in [0.717, 1.165) is 12.8 Å². The Morgan fingerprint density at radius 1 is 1.54 bits per heavy atom. The number of terminal acetylenes is 1. The second-order valence-corrected chi connectivity index (χ2v) is 6.43. The number of alkyl halides is 1. The summed E-state index contributed by atoms with van der Waals surface area (Å²) in [5.74, 6) is 2.90. The Kier molecular flexibility index (Phi) is 3.77. The van der Waals surface area contributed by atoms with Crippen molar-refractivity contribution in [3.8, 4) is 12.3 Å². The fraction of sp³-hybridized carbons (Fsp3) is 0.750. The van der Waals surface area contributed by atoms with E-state index in [0.29, 0.717) is 12.5 Å². The van der Waals surface area contributed by atoms with Crippen molar-refractivity contribution >= 4 is 26.0 Å². The van der Waals surface area contributed by atoms with Gasteiger partial charge in [-0.2, -0.15) is 4.31 Å². The quantitative estimate of drug-likeness (QED) is 0.550. The highest BCUT2D eigenvalue weighted by atomic mass is 79.9. The van der Waals surface area contributed by atoms with Crippen LogP contribution in [-0.4, -0.2) is 30.5 Å². The molecule has 1 saturated carbocycles. The molecule has 0 saturated heterocycles. The summed E-state index contributed by atoms with van der Waals surface area (Å²) in [7, 11) is -3.17. The first-order chi connectivity index (χ1) is 6.10. The summed E-state index contributed by atoms with van der Waals surface area (Å²) in [6, 6.07) is 0. The molecule has 5 heteroatoms. The zero-order valence-corrected chi connectivity index (χ0v) is 9.64. The van der Waals surface area contributed by atoms with Crippen LogP contribution in [0.3, 0.4) is 0 Å². The summed E-state index contributed by atoms with van der Waals surface area (Å²) in [4.78, 5) is 0. The zero-order valence-electron chi connectivity index (χ0n) is 7.24. The van der Waals surface area contributed by atoms with Crippen LogP contribution in [0.15, 0.2) is 0 Å². The van der Waals surface area contributed by atoms with Crippen LogP contribution in [0.5, 0.6) is 0 Å². The molecule has 0 amide bonds. The summed E-state index contributed by atoms with van der Waals surface area (Å²) < 4.78 is 24.2. The van der Waals surface area contributed by atoms with E-state index in [9.17, 15) is 8.42 Å². The van der Waals surface area contributed by atoms with Gasteiger partial charge in [0.2, 0.25) is 10.0 Å². The first kappa shape index (κ1) is 11.0. The lowest BCUT2D eigenvalue weighted by Gasteiger charge is -2.17. The van der Waals surface area contributed by atoms with Gasteiger partial charge in [-0.15, -0.1) is 6.42 Å². The van der Waals surface area contributed by atoms with Crippen molar-refractivity contribution in [2.45, 2.75) is 12.8 Å². The van der Waals surface area contributed by atoms with E-state index in [-0.39, 0.29) is 11.2 Å². The maximum atomic E-state index is 11.4. The van der Waals surface area contributed by atoms with Gasteiger partial charge in [0.1, 0.15) is 4.66 Å². The van der Waals surface area contributed by atoms with Crippen molar-refractivity contribution < 1.29 is 8.42 Å². The lowest BCUT2D eigenvalue weighted by Crippen LogP contribution is -2.33. The third kappa shape index (κ3) is 3.29. The SMILES string of the molecule is C#CCN(CC1CC1)S(=O)(=O)CBr. The smallest absolute Gasteiger partial charge is 0.211 e. The minimum absolute atomic E-state index is 0.0472. The Hall–Kier alpha value is -0.0500. The number of halogens is 1. The van der Waals surface area contributed by atoms with E-state index < -0.39 is 10.0 Å². The molecule has 0 radical (unpaired) electrons. The average Bonchev–Trinajstić information content (AvgIpc) is 2.87. The molecule has 1 aliphatic carbocycles. The van der Waals surface area contributed by atoms with Gasteiger partial charge in [0.15, 0.2) is 0 Å². The van der Waals surface area contributed by atoms with E-state index in [1.807, 2.05) is 0 Å². The van der Waals surface area contributed by atoms with Gasteiger partial charge in [0.25, 0.3) is 0 Å². The van der Waals surface area contributed by atoms with E-state index >= 15 is 0 Å². The molecule has 0 N–H and O–H groups in total. The number of sulfonamides is 1. The monoisotopic (exact) mass is 265 g/mol. The van der Waals surface area contributed by atoms with Gasteiger partial charge in [-0.25, -0.2) is 8.42 Å². The van der Waals surface area contributed by atoms with Gasteiger partial charge in [-0.3, -0.25) is 0 Å². The normalized spacial score (nSPS) is 17.3. The Bertz CT molecular complexity index is 303. The maximum absolute atomic E-state index is 11.4. The van der Waals surface area contributed by atoms with Crippen LogP contribution in [0, 0.1) is 18.3 Å². The van der Waals surface area contributed by atoms with Crippen molar-refractivity contribution in [3.63, 3.8) is 0 Å². The fourth-order valence-electron chi connectivity index (χ4n) is 1.04. The zero-order chi connectivity index (χ0) is 9.90. The topological polar surface area (TPSA) is 37.4 Å². The van der Waals surface area contributed by atoms with Crippen molar-refractivity contribution in [1.29, 1.82) is 0 Å². The molecule has 3 nitrogen and oxygen atoms in total. The molecule has 0 aliphatic heterocycles. The van der Waals surface area contributed by atoms with Crippen LogP contribution in [0.2, 0.25) is 0 Å². The summed E-state index contributed by atoms with van der Waals surface area (Å²) >= 11 is 2.95. The summed E-state index contributed by atoms with van der Waals surface area (Å²) in [5, 5.41) is 0. The van der Waals surface area contributed by atoms with Crippen molar-refractivity contribution in [2.24, 2.45) is 5.92 Å². The van der Waals surface area contributed by atoms with Crippen LogP contribution >= 0.6 is 15.9 Å². The Morgan fingerprint density at radius 3 is 2.54 bits per heavy atom. The van der Waals surface area contributed by atoms with Gasteiger partial charge in [-0.05, 0) is 18.8 Å². The minimum Gasteiger partial charge on any atom is -0.211 e. The fourth-order valence-corrected chi connectivity index (χ4v) is 2.75. The molecule has 0 aromatic carbocycles. The highest BCUT2D eigenvalue weighted by Crippen LogP contribution is 2.30. The molecular weight excluding hydrogens is 254 g/mol. The predicted octanol–water partition coefficient (Wildman–Crippen LogP) is 1.01. The first-order valence-electron chi connectivity index (χ1n) is 4.07. The molecule has 0 spiro atoms. The largest absolute Gasteiger partial charge is 0.225 e. The molecule has 0 aromatic rings. The van der Waals surface area contributed by atoms with Crippen molar-refractivity contribution in [2.75, 3.05) is 17.8 Å². The van der Waals surface area contributed by atoms with Crippen LogP contribution in [0.25, 0.3) is 0 Å². The molecule has 0 bridgehead atoms. The summed E-state index contributed by atoms with van der Waals surface area (Å²) in [5.41, 5.74) is 0. The first-order valence-corrected chi connectivity index (χ1v) is 6.80. The molecule has 1 rings (SSSR count). The molecule has 0 heterocycles. The van der Waals surface area contributed by atoms with Gasteiger partial charge in [0.05, 0.1) is 6.54 Å². The molecular formula is C8H12BrNO2S. The lowest BCUT2D eigenvalue weighted by molar-refractivity contribution is 0.433. The van der Waals surface area contributed by atoms with E-state index in [2.05, 4.69) is 21.9 Å². The standard InChI is InChI=1S/C8H12BrNO2S/c1-2-5-10(6-8-3-4-8)13(11,12)7-9/h1,8H,3-7H2. The van der Waals surface area contributed by atoms with Crippen molar-refractivity contribution in [3.05, 3.63) is 0 Å². The molecule has 1 fully saturated rings. The second kappa shape index (κ2) is 4.45. The van der Waals surface area contributed by atoms with E-state index in [4.69, 9.17) is 6.42 Å². The number of hydrogen-bond donors (Lipinski definition) is 0. The second-order valence-electron chi connectivity index (χ2n) is 3.16. The molecule has 0 atom stereocenters. The summed E-state index contributed by atoms with van der Waals surface area (Å²) in [6.45, 7) is 0.766. The Balaban J connectivity index is 2.60. The lowest BCUT2D eigenvalue weighted by atomic mass is 10.4. The molecule has 1 aliphatic rings. The van der Waals surface area contributed by atoms with Crippen LogP contribution < -0.4 is 0 Å². The Morgan fingerprint density at radius 2 is 2.15 bits per heavy atom. The van der Waals surface area contributed by atoms with Crippen LogP contribution in [0.4, 0.5) is 0 Å². The molecule has 0 aromatic heterocycles. The molecule has 13 heavy (non-hydrogen) atoms. The molecule has 74 valence electrons. The maximum Gasteiger partial charge on any atom is 0.225 e. The van der Waals surface area contributed by atoms with Gasteiger partial charge in [0, 0.05) is 6.54 Å². The van der Waals surface area contributed by atoms with Gasteiger partial charge in [-0.1, -0.05) is 21.9 Å². The van der Waals surface area contributed by atoms with E-state index in [1.165, 1.54) is 4.31 Å². The van der Waals surface area contributed by atoms with Crippen LogP contribution in [-0.2, 0) is 10.0 Å². The highest BCUT2D eigenvalue weighted by Gasteiger charge is 2.29. The minimum atomic E-state index is -3.17. The third-order valence-electron chi connectivity index (χ3n) is 1.96. The summed E-state index contributed by atoms with van der Waals surface area (Å²) in [6.07, 6.45) is 7.35. The third-order valence-corrected chi connectivity index (χ3v) is 5.03. The highest BCUT2D eigenvalue weighted by molar-refractivity contribution is 9.10. The number of hydrogen-bond acceptors (Lipinski definition) is 2. The van der Waals surface area contributed by atoms with E-state index in [1.54, 1.807) is 0 Å². The number of nitrogens with zero attached hydrogens (tertiary/aromatic N) is 1. The number of rotatable bonds is 5. The van der Waals surface area contributed by atoms with Crippen molar-refractivity contribution in [1.82, 2.24) is 4.31 Å². The molecule has 0 unspecified atom stereocenters. The Labute approximate surface area is 87.7 Å². The predicted molar refractivity (Wildman–Crippen MR) is 55.8 cm³/mol. The van der Waals surface area contributed by atoms with Gasteiger partial charge < -0.3 is 0 Å². The van der Waals surface area contributed by atoms with Gasteiger partial charge >= 0.3 is 0 Å². The van der Waals surface area contributed by atoms with Crippen LogP contribution in [0.1, 0.15) is 12.8 Å².